The maximum absolute atomic E-state index is 13.4. The van der Waals surface area contributed by atoms with Crippen LogP contribution in [-0.4, -0.2) is 7.11 Å². The fourth-order valence-corrected chi connectivity index (χ4v) is 4.30. The Morgan fingerprint density at radius 3 is 2.34 bits per heavy atom. The van der Waals surface area contributed by atoms with Gasteiger partial charge in [-0.3, -0.25) is 4.79 Å². The smallest absolute Gasteiger partial charge is 0.336 e. The highest BCUT2D eigenvalue weighted by Gasteiger charge is 2.17. The lowest BCUT2D eigenvalue weighted by Crippen LogP contribution is -2.08. The van der Waals surface area contributed by atoms with Crippen LogP contribution in [0, 0.1) is 20.8 Å². The van der Waals surface area contributed by atoms with Crippen molar-refractivity contribution in [3.8, 4) is 22.6 Å². The van der Waals surface area contributed by atoms with E-state index >= 15 is 0 Å². The highest BCUT2D eigenvalue weighted by molar-refractivity contribution is 5.85. The number of hydrogen-bond donors (Lipinski definition) is 0. The molecule has 0 aliphatic heterocycles. The summed E-state index contributed by atoms with van der Waals surface area (Å²) in [6.45, 7) is 5.91. The van der Waals surface area contributed by atoms with E-state index < -0.39 is 5.63 Å². The molecular formula is C29H24O6. The number of para-hydroxylation sites is 1. The molecule has 0 bridgehead atoms. The highest BCUT2D eigenvalue weighted by atomic mass is 16.5. The number of rotatable bonds is 5. The first-order valence-electron chi connectivity index (χ1n) is 11.2. The van der Waals surface area contributed by atoms with E-state index in [1.807, 2.05) is 50.2 Å². The molecule has 0 amide bonds. The highest BCUT2D eigenvalue weighted by Crippen LogP contribution is 2.32. The van der Waals surface area contributed by atoms with E-state index in [1.165, 1.54) is 6.07 Å². The molecule has 0 N–H and O–H groups in total. The molecule has 6 nitrogen and oxygen atoms in total. The van der Waals surface area contributed by atoms with Crippen molar-refractivity contribution in [3.05, 3.63) is 104 Å². The van der Waals surface area contributed by atoms with Gasteiger partial charge in [-0.15, -0.1) is 0 Å². The van der Waals surface area contributed by atoms with E-state index in [0.717, 1.165) is 22.1 Å². The normalized spacial score (nSPS) is 11.2. The zero-order valence-electron chi connectivity index (χ0n) is 19.9. The molecule has 0 spiro atoms. The Balaban J connectivity index is 1.51. The van der Waals surface area contributed by atoms with Crippen molar-refractivity contribution in [2.75, 3.05) is 7.11 Å². The first-order valence-corrected chi connectivity index (χ1v) is 11.2. The van der Waals surface area contributed by atoms with Crippen molar-refractivity contribution in [2.45, 2.75) is 27.4 Å². The third-order valence-corrected chi connectivity index (χ3v) is 6.26. The fraction of sp³-hybridized carbons (Fsp3) is 0.172. The van der Waals surface area contributed by atoms with Crippen molar-refractivity contribution in [2.24, 2.45) is 0 Å². The minimum Gasteiger partial charge on any atom is -0.496 e. The number of aryl methyl sites for hydroxylation is 3. The van der Waals surface area contributed by atoms with Crippen LogP contribution in [-0.2, 0) is 6.61 Å². The summed E-state index contributed by atoms with van der Waals surface area (Å²) in [7, 11) is 1.57. The average molecular weight is 469 g/mol. The minimum atomic E-state index is -0.427. The van der Waals surface area contributed by atoms with Crippen LogP contribution in [0.2, 0.25) is 0 Å². The SMILES string of the molecule is COc1ccccc1-c1c(C)oc2cc(OCc3cc(=O)oc4cc(C)c(C)cc34)ccc2c1=O. The van der Waals surface area contributed by atoms with E-state index in [2.05, 4.69) is 0 Å². The molecule has 5 aromatic rings. The van der Waals surface area contributed by atoms with Gasteiger partial charge in [-0.1, -0.05) is 18.2 Å². The van der Waals surface area contributed by atoms with Crippen LogP contribution >= 0.6 is 0 Å². The average Bonchev–Trinajstić information content (AvgIpc) is 2.83. The van der Waals surface area contributed by atoms with Gasteiger partial charge in [-0.25, -0.2) is 4.79 Å². The molecule has 0 saturated carbocycles. The maximum atomic E-state index is 13.4. The van der Waals surface area contributed by atoms with Gasteiger partial charge in [0.15, 0.2) is 0 Å². The molecule has 3 aromatic carbocycles. The third kappa shape index (κ3) is 4.08. The van der Waals surface area contributed by atoms with Gasteiger partial charge in [0.05, 0.1) is 18.1 Å². The van der Waals surface area contributed by atoms with Gasteiger partial charge in [-0.05, 0) is 62.2 Å². The summed E-state index contributed by atoms with van der Waals surface area (Å²) < 4.78 is 22.8. The first-order chi connectivity index (χ1) is 16.9. The lowest BCUT2D eigenvalue weighted by atomic mass is 10.0. The molecule has 0 radical (unpaired) electrons. The molecule has 176 valence electrons. The summed E-state index contributed by atoms with van der Waals surface area (Å²) in [4.78, 5) is 25.4. The molecule has 0 aliphatic rings. The van der Waals surface area contributed by atoms with Gasteiger partial charge in [0, 0.05) is 28.6 Å². The predicted octanol–water partition coefficient (Wildman–Crippen LogP) is 6.08. The van der Waals surface area contributed by atoms with Crippen molar-refractivity contribution in [3.63, 3.8) is 0 Å². The van der Waals surface area contributed by atoms with Gasteiger partial charge < -0.3 is 18.3 Å². The van der Waals surface area contributed by atoms with E-state index in [0.29, 0.717) is 44.9 Å². The molecule has 0 fully saturated rings. The summed E-state index contributed by atoms with van der Waals surface area (Å²) in [6.07, 6.45) is 0. The van der Waals surface area contributed by atoms with Crippen LogP contribution in [0.3, 0.4) is 0 Å². The van der Waals surface area contributed by atoms with Crippen LogP contribution in [0.4, 0.5) is 0 Å². The summed E-state index contributed by atoms with van der Waals surface area (Å²) in [5, 5.41) is 1.28. The number of ether oxygens (including phenoxy) is 2. The van der Waals surface area contributed by atoms with E-state index in [1.54, 1.807) is 32.2 Å². The Hall–Kier alpha value is -4.32. The molecule has 35 heavy (non-hydrogen) atoms. The fourth-order valence-electron chi connectivity index (χ4n) is 4.30. The zero-order valence-corrected chi connectivity index (χ0v) is 19.9. The summed E-state index contributed by atoms with van der Waals surface area (Å²) in [5.74, 6) is 1.61. The summed E-state index contributed by atoms with van der Waals surface area (Å²) in [6, 6.07) is 17.8. The van der Waals surface area contributed by atoms with Gasteiger partial charge >= 0.3 is 5.63 Å². The number of methoxy groups -OCH3 is 1. The predicted molar refractivity (Wildman–Crippen MR) is 135 cm³/mol. The molecular weight excluding hydrogens is 444 g/mol. The molecule has 2 heterocycles. The third-order valence-electron chi connectivity index (χ3n) is 6.26. The van der Waals surface area contributed by atoms with Gasteiger partial charge in [0.25, 0.3) is 0 Å². The Bertz CT molecular complexity index is 1710. The van der Waals surface area contributed by atoms with Crippen LogP contribution in [0.5, 0.6) is 11.5 Å². The lowest BCUT2D eigenvalue weighted by Gasteiger charge is -2.12. The van der Waals surface area contributed by atoms with Crippen LogP contribution in [0.1, 0.15) is 22.5 Å². The summed E-state index contributed by atoms with van der Waals surface area (Å²) in [5.41, 5.74) is 4.41. The molecule has 0 aliphatic carbocycles. The number of fused-ring (bicyclic) bond motifs is 2. The molecule has 0 unspecified atom stereocenters. The molecule has 0 atom stereocenters. The molecule has 5 rings (SSSR count). The Morgan fingerprint density at radius 2 is 1.54 bits per heavy atom. The van der Waals surface area contributed by atoms with E-state index in [4.69, 9.17) is 18.3 Å². The Labute approximate surface area is 201 Å². The van der Waals surface area contributed by atoms with Crippen LogP contribution in [0.25, 0.3) is 33.1 Å². The second kappa shape index (κ2) is 8.80. The van der Waals surface area contributed by atoms with Crippen LogP contribution < -0.4 is 20.5 Å². The largest absolute Gasteiger partial charge is 0.496 e. The molecule has 0 saturated heterocycles. The standard InChI is InChI=1S/C29H24O6/c1-16-11-23-19(13-27(30)35-25(23)12-17(16)2)15-33-20-9-10-22-26(14-20)34-18(3)28(29(22)31)21-7-5-6-8-24(21)32-4/h5-14H,15H2,1-4H3. The number of hydrogen-bond acceptors (Lipinski definition) is 6. The van der Waals surface area contributed by atoms with Gasteiger partial charge in [-0.2, -0.15) is 0 Å². The Kier molecular flexibility index (Phi) is 5.65. The monoisotopic (exact) mass is 468 g/mol. The summed E-state index contributed by atoms with van der Waals surface area (Å²) >= 11 is 0. The van der Waals surface area contributed by atoms with E-state index in [-0.39, 0.29) is 12.0 Å². The second-order valence-corrected chi connectivity index (χ2v) is 8.53. The topological polar surface area (TPSA) is 78.9 Å². The lowest BCUT2D eigenvalue weighted by molar-refractivity contribution is 0.306. The van der Waals surface area contributed by atoms with Crippen molar-refractivity contribution in [1.29, 1.82) is 0 Å². The molecule has 6 heteroatoms. The van der Waals surface area contributed by atoms with Gasteiger partial charge in [0.1, 0.15) is 35.0 Å². The second-order valence-electron chi connectivity index (χ2n) is 8.53. The van der Waals surface area contributed by atoms with Crippen molar-refractivity contribution >= 4 is 21.9 Å². The zero-order chi connectivity index (χ0) is 24.7. The van der Waals surface area contributed by atoms with Crippen molar-refractivity contribution in [1.82, 2.24) is 0 Å². The first kappa shape index (κ1) is 22.5. The minimum absolute atomic E-state index is 0.141. The van der Waals surface area contributed by atoms with E-state index in [9.17, 15) is 9.59 Å². The van der Waals surface area contributed by atoms with Crippen LogP contribution in [0.15, 0.2) is 79.1 Å². The maximum Gasteiger partial charge on any atom is 0.336 e. The quantitative estimate of drug-likeness (QED) is 0.291. The van der Waals surface area contributed by atoms with Gasteiger partial charge in [0.2, 0.25) is 5.43 Å². The Morgan fingerprint density at radius 1 is 0.800 bits per heavy atom. The van der Waals surface area contributed by atoms with Crippen molar-refractivity contribution < 1.29 is 18.3 Å². The number of benzene rings is 3. The molecule has 2 aromatic heterocycles.